The maximum absolute atomic E-state index is 12.1. The van der Waals surface area contributed by atoms with Crippen LogP contribution in [0.1, 0.15) is 45.1 Å². The Balaban J connectivity index is 1.92. The van der Waals surface area contributed by atoms with Crippen LogP contribution in [0.25, 0.3) is 0 Å². The Morgan fingerprint density at radius 1 is 1.40 bits per heavy atom. The molecule has 1 aromatic carbocycles. The zero-order valence-corrected chi connectivity index (χ0v) is 12.3. The van der Waals surface area contributed by atoms with E-state index >= 15 is 0 Å². The summed E-state index contributed by atoms with van der Waals surface area (Å²) in [6, 6.07) is 8.00. The van der Waals surface area contributed by atoms with Crippen molar-refractivity contribution in [2.24, 2.45) is 5.92 Å². The molecule has 3 rings (SSSR count). The number of benzene rings is 1. The van der Waals surface area contributed by atoms with Gasteiger partial charge in [-0.25, -0.2) is 0 Å². The Morgan fingerprint density at radius 2 is 2.20 bits per heavy atom. The molecule has 0 aliphatic carbocycles. The fourth-order valence-corrected chi connectivity index (χ4v) is 3.91. The molecular formula is C17H23NO2. The van der Waals surface area contributed by atoms with Gasteiger partial charge in [0.2, 0.25) is 5.91 Å². The molecule has 1 aromatic rings. The maximum atomic E-state index is 12.1. The maximum Gasteiger partial charge on any atom is 0.222 e. The molecule has 20 heavy (non-hydrogen) atoms. The SMILES string of the molecule is C[C@H]1CN2C(=O)CCC[C@H]2C[C@@]1(C)c1cccc(O)c1. The van der Waals surface area contributed by atoms with E-state index in [2.05, 4.69) is 24.8 Å². The van der Waals surface area contributed by atoms with Crippen LogP contribution in [0.15, 0.2) is 24.3 Å². The van der Waals surface area contributed by atoms with Gasteiger partial charge in [-0.3, -0.25) is 4.79 Å². The zero-order valence-electron chi connectivity index (χ0n) is 12.3. The van der Waals surface area contributed by atoms with E-state index < -0.39 is 0 Å². The molecule has 1 amide bonds. The number of phenolic OH excluding ortho intramolecular Hbond substituents is 1. The predicted molar refractivity (Wildman–Crippen MR) is 78.6 cm³/mol. The van der Waals surface area contributed by atoms with E-state index in [-0.39, 0.29) is 5.41 Å². The highest BCUT2D eigenvalue weighted by Gasteiger charge is 2.45. The average molecular weight is 273 g/mol. The summed E-state index contributed by atoms with van der Waals surface area (Å²) < 4.78 is 0. The van der Waals surface area contributed by atoms with Crippen LogP contribution in [0.5, 0.6) is 5.75 Å². The van der Waals surface area contributed by atoms with Crippen molar-refractivity contribution in [2.75, 3.05) is 6.54 Å². The molecule has 2 heterocycles. The van der Waals surface area contributed by atoms with E-state index in [1.807, 2.05) is 12.1 Å². The van der Waals surface area contributed by atoms with E-state index in [0.717, 1.165) is 25.8 Å². The van der Waals surface area contributed by atoms with Gasteiger partial charge in [-0.05, 0) is 48.3 Å². The van der Waals surface area contributed by atoms with Gasteiger partial charge in [-0.1, -0.05) is 26.0 Å². The van der Waals surface area contributed by atoms with Crippen molar-refractivity contribution in [3.05, 3.63) is 29.8 Å². The highest BCUT2D eigenvalue weighted by atomic mass is 16.3. The van der Waals surface area contributed by atoms with Crippen LogP contribution < -0.4 is 0 Å². The fraction of sp³-hybridized carbons (Fsp3) is 0.588. The van der Waals surface area contributed by atoms with Crippen molar-refractivity contribution in [3.8, 4) is 5.75 Å². The van der Waals surface area contributed by atoms with Gasteiger partial charge in [0, 0.05) is 19.0 Å². The number of piperidine rings is 2. The summed E-state index contributed by atoms with van der Waals surface area (Å²) in [4.78, 5) is 14.2. The second-order valence-electron chi connectivity index (χ2n) is 6.67. The molecule has 1 N–H and O–H groups in total. The molecule has 0 spiro atoms. The van der Waals surface area contributed by atoms with Gasteiger partial charge in [-0.15, -0.1) is 0 Å². The Labute approximate surface area is 120 Å². The Bertz CT molecular complexity index is 527. The number of hydrogen-bond donors (Lipinski definition) is 1. The minimum absolute atomic E-state index is 0.0392. The first-order valence-corrected chi connectivity index (χ1v) is 7.60. The van der Waals surface area contributed by atoms with Crippen LogP contribution in [0.2, 0.25) is 0 Å². The first-order valence-electron chi connectivity index (χ1n) is 7.60. The number of amides is 1. The van der Waals surface area contributed by atoms with Crippen molar-refractivity contribution in [3.63, 3.8) is 0 Å². The molecule has 3 heteroatoms. The predicted octanol–water partition coefficient (Wildman–Crippen LogP) is 3.07. The second kappa shape index (κ2) is 4.80. The van der Waals surface area contributed by atoms with Crippen LogP contribution in [-0.4, -0.2) is 28.5 Å². The molecule has 3 atom stereocenters. The second-order valence-corrected chi connectivity index (χ2v) is 6.67. The molecule has 2 aliphatic heterocycles. The highest BCUT2D eigenvalue weighted by molar-refractivity contribution is 5.77. The van der Waals surface area contributed by atoms with Gasteiger partial charge < -0.3 is 10.0 Å². The van der Waals surface area contributed by atoms with Crippen LogP contribution in [0.4, 0.5) is 0 Å². The summed E-state index contributed by atoms with van der Waals surface area (Å²) in [5.74, 6) is 1.06. The number of rotatable bonds is 1. The lowest BCUT2D eigenvalue weighted by atomic mass is 9.65. The van der Waals surface area contributed by atoms with E-state index in [0.29, 0.717) is 30.0 Å². The number of carbonyl (C=O) groups is 1. The third-order valence-electron chi connectivity index (χ3n) is 5.41. The van der Waals surface area contributed by atoms with E-state index in [1.54, 1.807) is 6.07 Å². The van der Waals surface area contributed by atoms with Gasteiger partial charge in [0.1, 0.15) is 5.75 Å². The van der Waals surface area contributed by atoms with E-state index in [1.165, 1.54) is 5.56 Å². The minimum atomic E-state index is 0.0392. The zero-order chi connectivity index (χ0) is 14.3. The smallest absolute Gasteiger partial charge is 0.222 e. The lowest BCUT2D eigenvalue weighted by Gasteiger charge is -2.51. The van der Waals surface area contributed by atoms with Gasteiger partial charge in [-0.2, -0.15) is 0 Å². The molecule has 0 saturated carbocycles. The monoisotopic (exact) mass is 273 g/mol. The molecule has 108 valence electrons. The lowest BCUT2D eigenvalue weighted by Crippen LogP contribution is -2.56. The Kier molecular flexibility index (Phi) is 3.23. The quantitative estimate of drug-likeness (QED) is 0.854. The topological polar surface area (TPSA) is 40.5 Å². The van der Waals surface area contributed by atoms with Gasteiger partial charge in [0.15, 0.2) is 0 Å². The third-order valence-corrected chi connectivity index (χ3v) is 5.41. The Morgan fingerprint density at radius 3 is 2.95 bits per heavy atom. The first kappa shape index (κ1) is 13.5. The summed E-state index contributed by atoms with van der Waals surface area (Å²) in [5, 5.41) is 9.75. The van der Waals surface area contributed by atoms with Crippen molar-refractivity contribution in [1.29, 1.82) is 0 Å². The summed E-state index contributed by atoms with van der Waals surface area (Å²) >= 11 is 0. The number of nitrogens with zero attached hydrogens (tertiary/aromatic N) is 1. The van der Waals surface area contributed by atoms with Gasteiger partial charge in [0.05, 0.1) is 0 Å². The lowest BCUT2D eigenvalue weighted by molar-refractivity contribution is -0.141. The Hall–Kier alpha value is -1.51. The minimum Gasteiger partial charge on any atom is -0.508 e. The number of aromatic hydroxyl groups is 1. The van der Waals surface area contributed by atoms with Crippen molar-refractivity contribution >= 4 is 5.91 Å². The molecular weight excluding hydrogens is 250 g/mol. The molecule has 3 nitrogen and oxygen atoms in total. The molecule has 0 aromatic heterocycles. The van der Waals surface area contributed by atoms with Gasteiger partial charge >= 0.3 is 0 Å². The summed E-state index contributed by atoms with van der Waals surface area (Å²) in [6.07, 6.45) is 3.85. The van der Waals surface area contributed by atoms with Crippen molar-refractivity contribution < 1.29 is 9.90 Å². The summed E-state index contributed by atoms with van der Waals surface area (Å²) in [7, 11) is 0. The average Bonchev–Trinajstić information content (AvgIpc) is 2.41. The highest BCUT2D eigenvalue weighted by Crippen LogP contribution is 2.44. The summed E-state index contributed by atoms with van der Waals surface area (Å²) in [5.41, 5.74) is 1.24. The van der Waals surface area contributed by atoms with E-state index in [9.17, 15) is 9.90 Å². The van der Waals surface area contributed by atoms with Crippen LogP contribution in [0, 0.1) is 5.92 Å². The molecule has 0 radical (unpaired) electrons. The van der Waals surface area contributed by atoms with Gasteiger partial charge in [0.25, 0.3) is 0 Å². The molecule has 0 unspecified atom stereocenters. The van der Waals surface area contributed by atoms with E-state index in [4.69, 9.17) is 0 Å². The largest absolute Gasteiger partial charge is 0.508 e. The number of phenols is 1. The fourth-order valence-electron chi connectivity index (χ4n) is 3.91. The third kappa shape index (κ3) is 2.09. The normalized spacial score (nSPS) is 33.9. The van der Waals surface area contributed by atoms with Crippen molar-refractivity contribution in [2.45, 2.75) is 51.0 Å². The van der Waals surface area contributed by atoms with Crippen LogP contribution in [0.3, 0.4) is 0 Å². The first-order chi connectivity index (χ1) is 9.50. The number of fused-ring (bicyclic) bond motifs is 1. The molecule has 2 aliphatic rings. The van der Waals surface area contributed by atoms with Crippen LogP contribution >= 0.6 is 0 Å². The molecule has 0 bridgehead atoms. The molecule has 2 fully saturated rings. The number of hydrogen-bond acceptors (Lipinski definition) is 2. The summed E-state index contributed by atoms with van der Waals surface area (Å²) in [6.45, 7) is 5.35. The van der Waals surface area contributed by atoms with Crippen molar-refractivity contribution in [1.82, 2.24) is 4.90 Å². The standard InChI is InChI=1S/C17H23NO2/c1-12-11-18-14(6-4-8-16(18)20)10-17(12,2)13-5-3-7-15(19)9-13/h3,5,7,9,12,14,19H,4,6,8,10-11H2,1-2H3/t12-,14-,17+/m0/s1. The number of carbonyl (C=O) groups excluding carboxylic acids is 1. The van der Waals surface area contributed by atoms with Crippen LogP contribution in [-0.2, 0) is 10.2 Å². The molecule has 2 saturated heterocycles.